The van der Waals surface area contributed by atoms with Crippen LogP contribution in [0.4, 0.5) is 5.69 Å². The second-order valence-corrected chi connectivity index (χ2v) is 11.3. The molecule has 0 aliphatic rings. The molecule has 1 amide bonds. The van der Waals surface area contributed by atoms with Gasteiger partial charge < -0.3 is 25.6 Å². The number of rotatable bonds is 9. The molecule has 0 saturated carbocycles. The summed E-state index contributed by atoms with van der Waals surface area (Å²) < 4.78 is 34.7. The number of hydrogen-bond acceptors (Lipinski definition) is 8. The molecule has 12 nitrogen and oxygen atoms in total. The lowest BCUT2D eigenvalue weighted by molar-refractivity contribution is -0.140. The van der Waals surface area contributed by atoms with Crippen LogP contribution in [0.1, 0.15) is 27.9 Å². The van der Waals surface area contributed by atoms with Crippen molar-refractivity contribution in [3.05, 3.63) is 77.4 Å². The van der Waals surface area contributed by atoms with Crippen molar-refractivity contribution in [2.24, 2.45) is 17.9 Å². The molecule has 1 heterocycles. The number of fused-ring (bicyclic) bond motifs is 1. The molecular weight excluding hydrogens is 548 g/mol. The highest BCUT2D eigenvalue weighted by molar-refractivity contribution is 7.92. The number of methoxy groups -OCH3 is 1. The predicted octanol–water partition coefficient (Wildman–Crippen LogP) is 2.76. The van der Waals surface area contributed by atoms with E-state index in [9.17, 15) is 18.0 Å². The van der Waals surface area contributed by atoms with Crippen molar-refractivity contribution in [3.63, 3.8) is 0 Å². The molecule has 41 heavy (non-hydrogen) atoms. The zero-order chi connectivity index (χ0) is 29.9. The van der Waals surface area contributed by atoms with Crippen LogP contribution in [0.15, 0.2) is 70.7 Å². The molecule has 0 unspecified atom stereocenters. The third-order valence-corrected chi connectivity index (χ3v) is 8.44. The summed E-state index contributed by atoms with van der Waals surface area (Å²) in [5, 5.41) is 14.6. The van der Waals surface area contributed by atoms with E-state index >= 15 is 0 Å². The Balaban J connectivity index is 1.83. The molecule has 0 spiro atoms. The molecule has 0 aliphatic heterocycles. The first-order valence-electron chi connectivity index (χ1n) is 12.5. The van der Waals surface area contributed by atoms with Crippen molar-refractivity contribution in [2.45, 2.75) is 18.2 Å². The number of carbonyl (C=O) groups excluding carboxylic acids is 2. The molecule has 4 N–H and O–H groups in total. The van der Waals surface area contributed by atoms with Crippen molar-refractivity contribution >= 4 is 44.5 Å². The average Bonchev–Trinajstić information content (AvgIpc) is 3.30. The van der Waals surface area contributed by atoms with Gasteiger partial charge in [0.1, 0.15) is 5.82 Å². The van der Waals surface area contributed by atoms with Gasteiger partial charge in [0.25, 0.3) is 15.9 Å². The molecule has 4 aromatic rings. The molecule has 0 fully saturated rings. The van der Waals surface area contributed by atoms with Crippen molar-refractivity contribution in [1.29, 1.82) is 0 Å². The van der Waals surface area contributed by atoms with Gasteiger partial charge in [-0.25, -0.2) is 13.4 Å². The average molecular weight is 579 g/mol. The Hall–Kier alpha value is -4.91. The SMILES string of the molecule is COC(=O)CCNC(=O)c1cc2nc(-c3ccc(/C(N)=N/O)cc3)n(C)c2cc1N(C)S(=O)(=O)c1ccc(C)cc1. The number of amides is 1. The third kappa shape index (κ3) is 5.84. The van der Waals surface area contributed by atoms with Crippen molar-refractivity contribution < 1.29 is 28.0 Å². The number of aromatic nitrogens is 2. The van der Waals surface area contributed by atoms with Crippen LogP contribution < -0.4 is 15.4 Å². The number of nitrogens with two attached hydrogens (primary N) is 1. The van der Waals surface area contributed by atoms with Gasteiger partial charge in [-0.1, -0.05) is 47.1 Å². The maximum Gasteiger partial charge on any atom is 0.307 e. The normalized spacial score (nSPS) is 11.9. The molecule has 214 valence electrons. The van der Waals surface area contributed by atoms with Crippen LogP contribution in [-0.4, -0.2) is 61.6 Å². The monoisotopic (exact) mass is 578 g/mol. The number of esters is 1. The lowest BCUT2D eigenvalue weighted by Crippen LogP contribution is -2.31. The third-order valence-electron chi connectivity index (χ3n) is 6.65. The number of carbonyl (C=O) groups is 2. The quantitative estimate of drug-likeness (QED) is 0.0895. The molecule has 0 atom stereocenters. The van der Waals surface area contributed by atoms with Crippen molar-refractivity contribution in [2.75, 3.05) is 25.0 Å². The van der Waals surface area contributed by atoms with Gasteiger partial charge in [-0.15, -0.1) is 0 Å². The lowest BCUT2D eigenvalue weighted by Gasteiger charge is -2.22. The summed E-state index contributed by atoms with van der Waals surface area (Å²) in [6.07, 6.45) is -0.0491. The van der Waals surface area contributed by atoms with E-state index in [1.807, 2.05) is 6.92 Å². The van der Waals surface area contributed by atoms with Crippen LogP contribution in [0, 0.1) is 6.92 Å². The molecule has 1 aromatic heterocycles. The highest BCUT2D eigenvalue weighted by Gasteiger charge is 2.27. The molecule has 0 aliphatic carbocycles. The number of nitrogens with zero attached hydrogens (tertiary/aromatic N) is 4. The smallest absolute Gasteiger partial charge is 0.307 e. The van der Waals surface area contributed by atoms with Gasteiger partial charge in [0.2, 0.25) is 0 Å². The summed E-state index contributed by atoms with van der Waals surface area (Å²) in [6, 6.07) is 16.4. The number of hydrogen-bond donors (Lipinski definition) is 3. The summed E-state index contributed by atoms with van der Waals surface area (Å²) in [5.74, 6) is -0.560. The fourth-order valence-electron chi connectivity index (χ4n) is 4.25. The van der Waals surface area contributed by atoms with Gasteiger partial charge in [0.05, 0.1) is 40.7 Å². The second kappa shape index (κ2) is 11.7. The molecular formula is C28H30N6O6S. The number of oxime groups is 1. The number of imidazole rings is 1. The van der Waals surface area contributed by atoms with Crippen LogP contribution in [0.5, 0.6) is 0 Å². The van der Waals surface area contributed by atoms with E-state index in [0.717, 1.165) is 9.87 Å². The first kappa shape index (κ1) is 29.1. The number of anilines is 1. The number of aryl methyl sites for hydroxylation is 2. The molecule has 0 saturated heterocycles. The van der Waals surface area contributed by atoms with E-state index in [1.54, 1.807) is 54.1 Å². The standard InChI is InChI=1S/C28H30N6O6S/c1-17-5-11-20(12-6-17)41(38,39)34(3)23-16-24-22(15-21(23)28(36)30-14-13-25(35)40-4)31-27(33(24)2)19-9-7-18(8-10-19)26(29)32-37/h5-12,15-16,37H,13-14H2,1-4H3,(H2,29,32)(H,30,36). The zero-order valence-electron chi connectivity index (χ0n) is 23.0. The van der Waals surface area contributed by atoms with E-state index in [0.29, 0.717) is 28.0 Å². The van der Waals surface area contributed by atoms with E-state index in [1.165, 1.54) is 32.4 Å². The summed E-state index contributed by atoms with van der Waals surface area (Å²) in [5.41, 5.74) is 9.02. The van der Waals surface area contributed by atoms with Gasteiger partial charge in [-0.05, 0) is 31.2 Å². The van der Waals surface area contributed by atoms with E-state index in [-0.39, 0.29) is 34.9 Å². The minimum atomic E-state index is -4.04. The zero-order valence-corrected chi connectivity index (χ0v) is 23.8. The van der Waals surface area contributed by atoms with Crippen LogP contribution in [0.3, 0.4) is 0 Å². The Morgan fingerprint density at radius 1 is 1.12 bits per heavy atom. The Labute approximate surface area is 237 Å². The molecule has 0 bridgehead atoms. The maximum atomic E-state index is 13.6. The number of sulfonamides is 1. The van der Waals surface area contributed by atoms with Crippen molar-refractivity contribution in [1.82, 2.24) is 14.9 Å². The highest BCUT2D eigenvalue weighted by atomic mass is 32.2. The number of benzene rings is 3. The Kier molecular flexibility index (Phi) is 8.28. The minimum absolute atomic E-state index is 0.00248. The summed E-state index contributed by atoms with van der Waals surface area (Å²) in [6.45, 7) is 1.85. The van der Waals surface area contributed by atoms with Gasteiger partial charge in [0, 0.05) is 31.8 Å². The fourth-order valence-corrected chi connectivity index (χ4v) is 5.46. The first-order valence-corrected chi connectivity index (χ1v) is 13.9. The molecule has 4 rings (SSSR count). The number of nitrogens with one attached hydrogen (secondary N) is 1. The fraction of sp³-hybridized carbons (Fsp3) is 0.214. The van der Waals surface area contributed by atoms with E-state index in [4.69, 9.17) is 15.9 Å². The van der Waals surface area contributed by atoms with Gasteiger partial charge in [-0.2, -0.15) is 0 Å². The van der Waals surface area contributed by atoms with Crippen LogP contribution >= 0.6 is 0 Å². The van der Waals surface area contributed by atoms with Gasteiger partial charge in [0.15, 0.2) is 5.84 Å². The largest absolute Gasteiger partial charge is 0.469 e. The lowest BCUT2D eigenvalue weighted by atomic mass is 10.1. The molecule has 13 heteroatoms. The van der Waals surface area contributed by atoms with Crippen molar-refractivity contribution in [3.8, 4) is 11.4 Å². The maximum absolute atomic E-state index is 13.6. The summed E-state index contributed by atoms with van der Waals surface area (Å²) >= 11 is 0. The number of amidine groups is 1. The molecule has 3 aromatic carbocycles. The topological polar surface area (TPSA) is 169 Å². The Morgan fingerprint density at radius 3 is 2.39 bits per heavy atom. The summed E-state index contributed by atoms with van der Waals surface area (Å²) in [7, 11) is 0.367. The van der Waals surface area contributed by atoms with E-state index < -0.39 is 21.9 Å². The van der Waals surface area contributed by atoms with Crippen LogP contribution in [0.25, 0.3) is 22.4 Å². The summed E-state index contributed by atoms with van der Waals surface area (Å²) in [4.78, 5) is 29.6. The van der Waals surface area contributed by atoms with E-state index in [2.05, 4.69) is 15.2 Å². The predicted molar refractivity (Wildman–Crippen MR) is 154 cm³/mol. The van der Waals surface area contributed by atoms with Crippen LogP contribution in [-0.2, 0) is 26.6 Å². The highest BCUT2D eigenvalue weighted by Crippen LogP contribution is 2.33. The first-order chi connectivity index (χ1) is 19.5. The Morgan fingerprint density at radius 2 is 1.78 bits per heavy atom. The van der Waals surface area contributed by atoms with Gasteiger partial charge in [-0.3, -0.25) is 13.9 Å². The van der Waals surface area contributed by atoms with Gasteiger partial charge >= 0.3 is 5.97 Å². The van der Waals surface area contributed by atoms with Crippen LogP contribution in [0.2, 0.25) is 0 Å². The Bertz CT molecular complexity index is 1750. The minimum Gasteiger partial charge on any atom is -0.469 e. The second-order valence-electron chi connectivity index (χ2n) is 9.28. The number of ether oxygens (including phenoxy) is 1. The molecule has 0 radical (unpaired) electrons.